The first-order valence-electron chi connectivity index (χ1n) is 4.08. The summed E-state index contributed by atoms with van der Waals surface area (Å²) in [6, 6.07) is -0.377. The Bertz CT molecular complexity index is 389. The molecule has 1 aromatic rings. The van der Waals surface area contributed by atoms with Crippen LogP contribution < -0.4 is 0 Å². The van der Waals surface area contributed by atoms with Gasteiger partial charge in [0, 0.05) is 20.2 Å². The molecule has 0 aliphatic heterocycles. The van der Waals surface area contributed by atoms with Gasteiger partial charge in [-0.2, -0.15) is 5.10 Å². The summed E-state index contributed by atoms with van der Waals surface area (Å²) in [6.45, 7) is 8.60. The van der Waals surface area contributed by atoms with E-state index in [2.05, 4.69) is 14.7 Å². The Morgan fingerprint density at radius 1 is 1.79 bits per heavy atom. The number of carbonyl (C=O) groups is 1. The molecule has 1 unspecified atom stereocenters. The fourth-order valence-electron chi connectivity index (χ4n) is 1.14. The maximum Gasteiger partial charge on any atom is 0.359 e. The molecule has 0 bridgehead atoms. The first-order valence-corrected chi connectivity index (χ1v) is 4.08. The monoisotopic (exact) mass is 193 g/mol. The Morgan fingerprint density at radius 2 is 2.43 bits per heavy atom. The van der Waals surface area contributed by atoms with Crippen molar-refractivity contribution in [2.24, 2.45) is 7.05 Å². The van der Waals surface area contributed by atoms with Gasteiger partial charge in [-0.3, -0.25) is 4.68 Å². The topological polar surface area (TPSA) is 48.5 Å². The number of ether oxygens (including phenoxy) is 1. The molecule has 0 spiro atoms. The maximum absolute atomic E-state index is 11.3. The van der Waals surface area contributed by atoms with Crippen LogP contribution in [0.2, 0.25) is 0 Å². The molecule has 0 aliphatic rings. The number of aryl methyl sites for hydroxylation is 1. The van der Waals surface area contributed by atoms with E-state index in [1.54, 1.807) is 20.2 Å². The summed E-state index contributed by atoms with van der Waals surface area (Å²) in [4.78, 5) is 14.6. The van der Waals surface area contributed by atoms with Crippen molar-refractivity contribution in [3.63, 3.8) is 0 Å². The average molecular weight is 193 g/mol. The normalized spacial score (nSPS) is 11.9. The lowest BCUT2D eigenvalue weighted by Gasteiger charge is -1.98. The van der Waals surface area contributed by atoms with Crippen molar-refractivity contribution in [2.45, 2.75) is 13.0 Å². The third kappa shape index (κ3) is 1.74. The predicted octanol–water partition coefficient (Wildman–Crippen LogP) is 1.19. The minimum Gasteiger partial charge on any atom is -0.464 e. The molecular formula is C9H11N3O2. The van der Waals surface area contributed by atoms with Gasteiger partial charge in [0.1, 0.15) is 0 Å². The summed E-state index contributed by atoms with van der Waals surface area (Å²) in [7, 11) is 3.00. The van der Waals surface area contributed by atoms with E-state index >= 15 is 0 Å². The highest BCUT2D eigenvalue weighted by Crippen LogP contribution is 2.20. The van der Waals surface area contributed by atoms with Gasteiger partial charge in [0.05, 0.1) is 12.7 Å². The van der Waals surface area contributed by atoms with E-state index in [1.165, 1.54) is 11.8 Å². The standard InChI is InChI=1S/C9H11N3O2/c1-6(10-2)7-5-12(3)11-8(7)9(13)14-4/h5-6H,1,3-4H3. The fraction of sp³-hybridized carbons (Fsp3) is 0.444. The quantitative estimate of drug-likeness (QED) is 0.523. The summed E-state index contributed by atoms with van der Waals surface area (Å²) in [5.74, 6) is -0.504. The second kappa shape index (κ2) is 3.92. The molecule has 0 N–H and O–H groups in total. The number of esters is 1. The van der Waals surface area contributed by atoms with Crippen LogP contribution in [0.5, 0.6) is 0 Å². The van der Waals surface area contributed by atoms with Crippen LogP contribution >= 0.6 is 0 Å². The van der Waals surface area contributed by atoms with Crippen molar-refractivity contribution in [3.05, 3.63) is 28.9 Å². The van der Waals surface area contributed by atoms with Gasteiger partial charge in [0.2, 0.25) is 6.04 Å². The Labute approximate surface area is 82.1 Å². The Balaban J connectivity index is 3.17. The number of nitrogens with zero attached hydrogens (tertiary/aromatic N) is 3. The first kappa shape index (κ1) is 10.3. The summed E-state index contributed by atoms with van der Waals surface area (Å²) in [5.41, 5.74) is 0.827. The molecule has 1 rings (SSSR count). The Hall–Kier alpha value is -1.83. The van der Waals surface area contributed by atoms with Crippen molar-refractivity contribution >= 4 is 5.97 Å². The Morgan fingerprint density at radius 3 is 2.93 bits per heavy atom. The number of hydrogen-bond acceptors (Lipinski definition) is 3. The molecule has 1 atom stereocenters. The van der Waals surface area contributed by atoms with Gasteiger partial charge < -0.3 is 9.58 Å². The fourth-order valence-corrected chi connectivity index (χ4v) is 1.14. The minimum absolute atomic E-state index is 0.221. The number of aromatic nitrogens is 2. The van der Waals surface area contributed by atoms with Crippen LogP contribution in [-0.2, 0) is 11.8 Å². The zero-order chi connectivity index (χ0) is 10.7. The van der Waals surface area contributed by atoms with E-state index in [0.717, 1.165) is 0 Å². The molecule has 1 aromatic heterocycles. The summed E-state index contributed by atoms with van der Waals surface area (Å²) in [6.07, 6.45) is 1.66. The molecule has 0 saturated heterocycles. The van der Waals surface area contributed by atoms with E-state index in [9.17, 15) is 4.79 Å². The van der Waals surface area contributed by atoms with Gasteiger partial charge in [-0.05, 0) is 0 Å². The van der Waals surface area contributed by atoms with E-state index in [1.807, 2.05) is 0 Å². The van der Waals surface area contributed by atoms with Crippen molar-refractivity contribution in [1.29, 1.82) is 0 Å². The van der Waals surface area contributed by atoms with Gasteiger partial charge >= 0.3 is 5.97 Å². The zero-order valence-corrected chi connectivity index (χ0v) is 8.31. The first-order chi connectivity index (χ1) is 6.60. The van der Waals surface area contributed by atoms with Crippen LogP contribution in [0.1, 0.15) is 29.0 Å². The van der Waals surface area contributed by atoms with Crippen LogP contribution in [0.25, 0.3) is 4.85 Å². The van der Waals surface area contributed by atoms with Crippen LogP contribution in [-0.4, -0.2) is 22.9 Å². The predicted molar refractivity (Wildman–Crippen MR) is 49.6 cm³/mol. The van der Waals surface area contributed by atoms with Crippen LogP contribution in [0.3, 0.4) is 0 Å². The van der Waals surface area contributed by atoms with Gasteiger partial charge in [-0.1, -0.05) is 0 Å². The highest BCUT2D eigenvalue weighted by molar-refractivity contribution is 5.88. The molecule has 5 nitrogen and oxygen atoms in total. The lowest BCUT2D eigenvalue weighted by molar-refractivity contribution is 0.0591. The Kier molecular flexibility index (Phi) is 2.87. The van der Waals surface area contributed by atoms with Crippen molar-refractivity contribution < 1.29 is 9.53 Å². The molecule has 0 amide bonds. The van der Waals surface area contributed by atoms with Crippen LogP contribution in [0.4, 0.5) is 0 Å². The molecule has 5 heteroatoms. The number of rotatable bonds is 2. The summed E-state index contributed by atoms with van der Waals surface area (Å²) in [5, 5.41) is 3.95. The molecule has 0 saturated carbocycles. The smallest absolute Gasteiger partial charge is 0.359 e. The molecule has 14 heavy (non-hydrogen) atoms. The third-order valence-electron chi connectivity index (χ3n) is 1.88. The van der Waals surface area contributed by atoms with E-state index in [0.29, 0.717) is 5.56 Å². The maximum atomic E-state index is 11.3. The zero-order valence-electron chi connectivity index (χ0n) is 8.31. The SMILES string of the molecule is [C-]#[N+]C(C)c1cn(C)nc1C(=O)OC. The largest absolute Gasteiger partial charge is 0.464 e. The third-order valence-corrected chi connectivity index (χ3v) is 1.88. The van der Waals surface area contributed by atoms with Gasteiger partial charge in [-0.25, -0.2) is 11.4 Å². The van der Waals surface area contributed by atoms with Crippen LogP contribution in [0, 0.1) is 6.57 Å². The summed E-state index contributed by atoms with van der Waals surface area (Å²) < 4.78 is 6.07. The van der Waals surface area contributed by atoms with Crippen molar-refractivity contribution in [3.8, 4) is 0 Å². The second-order valence-electron chi connectivity index (χ2n) is 2.90. The summed E-state index contributed by atoms with van der Waals surface area (Å²) >= 11 is 0. The molecule has 0 fully saturated rings. The molecule has 74 valence electrons. The highest BCUT2D eigenvalue weighted by Gasteiger charge is 2.23. The van der Waals surface area contributed by atoms with Gasteiger partial charge in [-0.15, -0.1) is 0 Å². The number of hydrogen-bond donors (Lipinski definition) is 0. The lowest BCUT2D eigenvalue weighted by Crippen LogP contribution is -2.06. The molecule has 0 aliphatic carbocycles. The van der Waals surface area contributed by atoms with E-state index in [-0.39, 0.29) is 11.7 Å². The average Bonchev–Trinajstić information content (AvgIpc) is 2.58. The van der Waals surface area contributed by atoms with Crippen molar-refractivity contribution in [1.82, 2.24) is 9.78 Å². The van der Waals surface area contributed by atoms with E-state index < -0.39 is 5.97 Å². The number of carbonyl (C=O) groups excluding carboxylic acids is 1. The van der Waals surface area contributed by atoms with Gasteiger partial charge in [0.25, 0.3) is 0 Å². The van der Waals surface area contributed by atoms with Crippen molar-refractivity contribution in [2.75, 3.05) is 7.11 Å². The van der Waals surface area contributed by atoms with Gasteiger partial charge in [0.15, 0.2) is 5.69 Å². The lowest BCUT2D eigenvalue weighted by atomic mass is 10.1. The van der Waals surface area contributed by atoms with Crippen LogP contribution in [0.15, 0.2) is 6.20 Å². The molecule has 0 radical (unpaired) electrons. The second-order valence-corrected chi connectivity index (χ2v) is 2.90. The molecule has 1 heterocycles. The highest BCUT2D eigenvalue weighted by atomic mass is 16.5. The molecule has 0 aromatic carbocycles. The molecular weight excluding hydrogens is 182 g/mol. The minimum atomic E-state index is -0.504. The number of methoxy groups -OCH3 is 1. The van der Waals surface area contributed by atoms with E-state index in [4.69, 9.17) is 6.57 Å².